The van der Waals surface area contributed by atoms with Gasteiger partial charge in [0.05, 0.1) is 0 Å². The number of piperazine rings is 1. The summed E-state index contributed by atoms with van der Waals surface area (Å²) in [6, 6.07) is 0. The molecule has 1 aliphatic carbocycles. The molecule has 1 saturated heterocycles. The van der Waals surface area contributed by atoms with E-state index in [9.17, 15) is 0 Å². The molecule has 1 aliphatic heterocycles. The van der Waals surface area contributed by atoms with Crippen molar-refractivity contribution in [3.05, 3.63) is 0 Å². The average Bonchev–Trinajstić information content (AvgIpc) is 2.96. The molecule has 2 rings (SSSR count). The lowest BCUT2D eigenvalue weighted by atomic mass is 9.82. The summed E-state index contributed by atoms with van der Waals surface area (Å²) in [6.07, 6.45) is 4.33. The molecule has 2 fully saturated rings. The highest BCUT2D eigenvalue weighted by Gasteiger charge is 2.46. The van der Waals surface area contributed by atoms with Gasteiger partial charge in [0.1, 0.15) is 0 Å². The van der Waals surface area contributed by atoms with Gasteiger partial charge in [-0.3, -0.25) is 0 Å². The van der Waals surface area contributed by atoms with Crippen LogP contribution in [0.4, 0.5) is 0 Å². The van der Waals surface area contributed by atoms with Gasteiger partial charge in [-0.05, 0) is 35.5 Å². The summed E-state index contributed by atoms with van der Waals surface area (Å²) in [7, 11) is 0. The molecule has 0 aromatic heterocycles. The maximum atomic E-state index is 2.73. The van der Waals surface area contributed by atoms with Crippen LogP contribution < -0.4 is 0 Å². The second kappa shape index (κ2) is 5.61. The third-order valence-electron chi connectivity index (χ3n) is 4.58. The fraction of sp³-hybridized carbons (Fsp3) is 1.00. The third kappa shape index (κ3) is 5.37. The standard InChI is InChI=1S/C18H36N2/c1-16(2,3)13-18(7-8-18)15-20-11-9-19(10-12-20)14-17(4,5)6/h7-15H2,1-6H3. The summed E-state index contributed by atoms with van der Waals surface area (Å²) in [4.78, 5) is 5.39. The number of nitrogens with zero attached hydrogens (tertiary/aromatic N) is 2. The van der Waals surface area contributed by atoms with E-state index in [2.05, 4.69) is 51.3 Å². The molecular formula is C18H36N2. The second-order valence-electron chi connectivity index (χ2n) is 9.85. The van der Waals surface area contributed by atoms with E-state index >= 15 is 0 Å². The molecule has 20 heavy (non-hydrogen) atoms. The number of rotatable bonds is 4. The summed E-state index contributed by atoms with van der Waals surface area (Å²) in [5.74, 6) is 0. The lowest BCUT2D eigenvalue weighted by Gasteiger charge is -2.40. The molecule has 0 aromatic carbocycles. The van der Waals surface area contributed by atoms with Crippen LogP contribution in [0.1, 0.15) is 60.8 Å². The molecule has 0 amide bonds. The Hall–Kier alpha value is -0.0800. The molecule has 0 N–H and O–H groups in total. The minimum Gasteiger partial charge on any atom is -0.300 e. The van der Waals surface area contributed by atoms with Crippen molar-refractivity contribution in [1.29, 1.82) is 0 Å². The molecule has 0 bridgehead atoms. The summed E-state index contributed by atoms with van der Waals surface area (Å²) in [5, 5.41) is 0. The molecule has 2 heteroatoms. The van der Waals surface area contributed by atoms with E-state index in [4.69, 9.17) is 0 Å². The van der Waals surface area contributed by atoms with Crippen LogP contribution in [0, 0.1) is 16.2 Å². The van der Waals surface area contributed by atoms with Crippen LogP contribution in [-0.2, 0) is 0 Å². The van der Waals surface area contributed by atoms with Crippen LogP contribution >= 0.6 is 0 Å². The molecule has 2 aliphatic rings. The molecule has 0 spiro atoms. The first-order valence-electron chi connectivity index (χ1n) is 8.52. The van der Waals surface area contributed by atoms with Crippen molar-refractivity contribution in [2.45, 2.75) is 60.8 Å². The lowest BCUT2D eigenvalue weighted by molar-refractivity contribution is 0.0814. The Morgan fingerprint density at radius 1 is 0.750 bits per heavy atom. The molecule has 2 nitrogen and oxygen atoms in total. The van der Waals surface area contributed by atoms with Gasteiger partial charge < -0.3 is 9.80 Å². The molecular weight excluding hydrogens is 244 g/mol. The van der Waals surface area contributed by atoms with E-state index in [0.717, 1.165) is 0 Å². The Morgan fingerprint density at radius 3 is 1.65 bits per heavy atom. The lowest BCUT2D eigenvalue weighted by Crippen LogP contribution is -2.50. The zero-order valence-electron chi connectivity index (χ0n) is 14.8. The predicted molar refractivity (Wildman–Crippen MR) is 88.1 cm³/mol. The minimum absolute atomic E-state index is 0.437. The van der Waals surface area contributed by atoms with Crippen LogP contribution in [0.3, 0.4) is 0 Å². The molecule has 1 saturated carbocycles. The Morgan fingerprint density at radius 2 is 1.25 bits per heavy atom. The van der Waals surface area contributed by atoms with Gasteiger partial charge in [0.2, 0.25) is 0 Å². The van der Waals surface area contributed by atoms with Crippen molar-refractivity contribution in [2.75, 3.05) is 39.3 Å². The van der Waals surface area contributed by atoms with Gasteiger partial charge in [0, 0.05) is 39.3 Å². The molecule has 1 heterocycles. The first-order valence-corrected chi connectivity index (χ1v) is 8.52. The normalized spacial score (nSPS) is 24.9. The Bertz CT molecular complexity index is 309. The summed E-state index contributed by atoms with van der Waals surface area (Å²) < 4.78 is 0. The zero-order chi connectivity index (χ0) is 15.0. The van der Waals surface area contributed by atoms with E-state index in [-0.39, 0.29) is 0 Å². The maximum absolute atomic E-state index is 2.73. The number of hydrogen-bond donors (Lipinski definition) is 0. The highest BCUT2D eigenvalue weighted by Crippen LogP contribution is 2.53. The summed E-state index contributed by atoms with van der Waals surface area (Å²) >= 11 is 0. The SMILES string of the molecule is CC(C)(C)CN1CCN(CC2(CC(C)(C)C)CC2)CC1. The van der Waals surface area contributed by atoms with Crippen LogP contribution in [0.2, 0.25) is 0 Å². The Labute approximate surface area is 126 Å². The predicted octanol–water partition coefficient (Wildman–Crippen LogP) is 3.87. The third-order valence-corrected chi connectivity index (χ3v) is 4.58. The van der Waals surface area contributed by atoms with E-state index < -0.39 is 0 Å². The monoisotopic (exact) mass is 280 g/mol. The molecule has 0 unspecified atom stereocenters. The van der Waals surface area contributed by atoms with Crippen LogP contribution in [-0.4, -0.2) is 49.1 Å². The van der Waals surface area contributed by atoms with Crippen molar-refractivity contribution in [1.82, 2.24) is 9.80 Å². The quantitative estimate of drug-likeness (QED) is 0.771. The van der Waals surface area contributed by atoms with Gasteiger partial charge in [-0.2, -0.15) is 0 Å². The first-order chi connectivity index (χ1) is 9.07. The number of hydrogen-bond acceptors (Lipinski definition) is 2. The zero-order valence-corrected chi connectivity index (χ0v) is 14.8. The van der Waals surface area contributed by atoms with Crippen LogP contribution in [0.5, 0.6) is 0 Å². The molecule has 0 atom stereocenters. The fourth-order valence-electron chi connectivity index (χ4n) is 3.94. The second-order valence-corrected chi connectivity index (χ2v) is 9.85. The highest BCUT2D eigenvalue weighted by molar-refractivity contribution is 4.98. The van der Waals surface area contributed by atoms with Crippen LogP contribution in [0.15, 0.2) is 0 Å². The fourth-order valence-corrected chi connectivity index (χ4v) is 3.94. The molecule has 0 aromatic rings. The van der Waals surface area contributed by atoms with Crippen LogP contribution in [0.25, 0.3) is 0 Å². The van der Waals surface area contributed by atoms with E-state index in [1.54, 1.807) is 0 Å². The Balaban J connectivity index is 1.75. The van der Waals surface area contributed by atoms with Crippen molar-refractivity contribution in [3.63, 3.8) is 0 Å². The van der Waals surface area contributed by atoms with Gasteiger partial charge in [0.15, 0.2) is 0 Å². The van der Waals surface area contributed by atoms with Crippen molar-refractivity contribution >= 4 is 0 Å². The highest BCUT2D eigenvalue weighted by atomic mass is 15.3. The van der Waals surface area contributed by atoms with E-state index in [1.165, 1.54) is 58.5 Å². The van der Waals surface area contributed by atoms with E-state index in [1.807, 2.05) is 0 Å². The summed E-state index contributed by atoms with van der Waals surface area (Å²) in [6.45, 7) is 21.9. The molecule has 0 radical (unpaired) electrons. The van der Waals surface area contributed by atoms with Gasteiger partial charge in [-0.25, -0.2) is 0 Å². The maximum Gasteiger partial charge on any atom is 0.0110 e. The topological polar surface area (TPSA) is 6.48 Å². The summed E-state index contributed by atoms with van der Waals surface area (Å²) in [5.41, 5.74) is 1.60. The van der Waals surface area contributed by atoms with Crippen molar-refractivity contribution < 1.29 is 0 Å². The van der Waals surface area contributed by atoms with Gasteiger partial charge in [-0.1, -0.05) is 41.5 Å². The van der Waals surface area contributed by atoms with Gasteiger partial charge >= 0.3 is 0 Å². The van der Waals surface area contributed by atoms with Gasteiger partial charge in [0.25, 0.3) is 0 Å². The minimum atomic E-state index is 0.437. The first kappa shape index (κ1) is 16.3. The Kier molecular flexibility index (Phi) is 4.57. The average molecular weight is 280 g/mol. The van der Waals surface area contributed by atoms with Crippen molar-refractivity contribution in [2.24, 2.45) is 16.2 Å². The smallest absolute Gasteiger partial charge is 0.0110 e. The molecule has 118 valence electrons. The van der Waals surface area contributed by atoms with E-state index in [0.29, 0.717) is 16.2 Å². The van der Waals surface area contributed by atoms with Gasteiger partial charge in [-0.15, -0.1) is 0 Å². The van der Waals surface area contributed by atoms with Crippen molar-refractivity contribution in [3.8, 4) is 0 Å². The largest absolute Gasteiger partial charge is 0.300 e.